The molecule has 1 aromatic heterocycles. The highest BCUT2D eigenvalue weighted by Crippen LogP contribution is 2.30. The third-order valence-electron chi connectivity index (χ3n) is 3.37. The molecule has 0 aliphatic rings. The lowest BCUT2D eigenvalue weighted by atomic mass is 10.2. The smallest absolute Gasteiger partial charge is 0.148 e. The lowest BCUT2D eigenvalue weighted by Gasteiger charge is -2.15. The number of benzene rings is 2. The number of halogens is 3. The maximum absolute atomic E-state index is 14.0. The first-order valence-corrected chi connectivity index (χ1v) is 7.17. The van der Waals surface area contributed by atoms with Gasteiger partial charge in [0.1, 0.15) is 23.8 Å². The minimum absolute atomic E-state index is 0.00777. The number of fused-ring (bicyclic) bond motifs is 1. The van der Waals surface area contributed by atoms with Crippen LogP contribution in [0.25, 0.3) is 10.9 Å². The number of nitrogens with zero attached hydrogens (tertiary/aromatic N) is 3. The van der Waals surface area contributed by atoms with E-state index in [-0.39, 0.29) is 10.8 Å². The Morgan fingerprint density at radius 1 is 1.04 bits per heavy atom. The summed E-state index contributed by atoms with van der Waals surface area (Å²) in [6.07, 6.45) is 1.34. The zero-order valence-electron chi connectivity index (χ0n) is 12.4. The quantitative estimate of drug-likeness (QED) is 0.772. The Bertz CT molecular complexity index is 883. The lowest BCUT2D eigenvalue weighted by molar-refractivity contribution is 0.627. The molecule has 0 fully saturated rings. The van der Waals surface area contributed by atoms with Gasteiger partial charge in [-0.3, -0.25) is 0 Å². The van der Waals surface area contributed by atoms with Crippen LogP contribution in [0.2, 0.25) is 5.02 Å². The van der Waals surface area contributed by atoms with E-state index >= 15 is 0 Å². The number of nitrogens with one attached hydrogen (secondary N) is 1. The van der Waals surface area contributed by atoms with Gasteiger partial charge in [-0.1, -0.05) is 11.6 Å². The molecule has 0 bridgehead atoms. The summed E-state index contributed by atoms with van der Waals surface area (Å²) in [7, 11) is 3.50. The van der Waals surface area contributed by atoms with Gasteiger partial charge in [0.2, 0.25) is 0 Å². The van der Waals surface area contributed by atoms with Crippen molar-refractivity contribution >= 4 is 39.7 Å². The summed E-state index contributed by atoms with van der Waals surface area (Å²) >= 11 is 5.78. The highest BCUT2D eigenvalue weighted by molar-refractivity contribution is 6.31. The van der Waals surface area contributed by atoms with Crippen molar-refractivity contribution in [2.45, 2.75) is 0 Å². The Balaban J connectivity index is 2.09. The molecular formula is C16H13ClF2N4. The van der Waals surface area contributed by atoms with E-state index in [4.69, 9.17) is 11.6 Å². The van der Waals surface area contributed by atoms with E-state index in [0.717, 1.165) is 0 Å². The van der Waals surface area contributed by atoms with Gasteiger partial charge in [-0.2, -0.15) is 0 Å². The first-order valence-electron chi connectivity index (χ1n) is 6.79. The van der Waals surface area contributed by atoms with Gasteiger partial charge >= 0.3 is 0 Å². The van der Waals surface area contributed by atoms with Crippen molar-refractivity contribution in [3.05, 3.63) is 53.3 Å². The number of hydrogen-bond donors (Lipinski definition) is 1. The summed E-state index contributed by atoms with van der Waals surface area (Å²) < 4.78 is 27.3. The van der Waals surface area contributed by atoms with Crippen molar-refractivity contribution < 1.29 is 8.78 Å². The molecule has 0 unspecified atom stereocenters. The van der Waals surface area contributed by atoms with E-state index < -0.39 is 5.82 Å². The van der Waals surface area contributed by atoms with E-state index in [1.54, 1.807) is 31.1 Å². The van der Waals surface area contributed by atoms with Crippen molar-refractivity contribution in [1.29, 1.82) is 0 Å². The number of aromatic nitrogens is 2. The van der Waals surface area contributed by atoms with Gasteiger partial charge in [0.25, 0.3) is 0 Å². The average Bonchev–Trinajstić information content (AvgIpc) is 2.50. The maximum atomic E-state index is 14.0. The lowest BCUT2D eigenvalue weighted by Crippen LogP contribution is -2.11. The summed E-state index contributed by atoms with van der Waals surface area (Å²) in [4.78, 5) is 9.93. The molecule has 118 valence electrons. The highest BCUT2D eigenvalue weighted by Gasteiger charge is 2.12. The van der Waals surface area contributed by atoms with Gasteiger partial charge in [-0.15, -0.1) is 0 Å². The van der Waals surface area contributed by atoms with E-state index in [0.29, 0.717) is 28.1 Å². The number of anilines is 3. The van der Waals surface area contributed by atoms with Crippen molar-refractivity contribution in [2.24, 2.45) is 0 Å². The Morgan fingerprint density at radius 2 is 1.83 bits per heavy atom. The second-order valence-electron chi connectivity index (χ2n) is 5.19. The zero-order chi connectivity index (χ0) is 16.6. The standard InChI is InChI=1S/C16H13ClF2N4/c1-23(2)15-6-10-14(7-13(15)19)20-8-21-16(10)22-9-3-4-12(18)11(17)5-9/h3-8H,1-2H3,(H,20,21,22). The van der Waals surface area contributed by atoms with Crippen LogP contribution in [-0.2, 0) is 0 Å². The van der Waals surface area contributed by atoms with Crippen LogP contribution in [0.5, 0.6) is 0 Å². The van der Waals surface area contributed by atoms with Crippen molar-refractivity contribution in [2.75, 3.05) is 24.3 Å². The summed E-state index contributed by atoms with van der Waals surface area (Å²) in [5.74, 6) is -0.375. The van der Waals surface area contributed by atoms with Crippen molar-refractivity contribution in [3.8, 4) is 0 Å². The van der Waals surface area contributed by atoms with Gasteiger partial charge in [-0.05, 0) is 24.3 Å². The van der Waals surface area contributed by atoms with Gasteiger partial charge < -0.3 is 10.2 Å². The predicted octanol–water partition coefficient (Wildman–Crippen LogP) is 4.37. The fourth-order valence-electron chi connectivity index (χ4n) is 2.22. The highest BCUT2D eigenvalue weighted by atomic mass is 35.5. The molecule has 0 spiro atoms. The molecule has 2 aromatic carbocycles. The van der Waals surface area contributed by atoms with Gasteiger partial charge in [0, 0.05) is 31.2 Å². The molecule has 3 rings (SSSR count). The van der Waals surface area contributed by atoms with Gasteiger partial charge in [-0.25, -0.2) is 18.7 Å². The second-order valence-corrected chi connectivity index (χ2v) is 5.60. The first kappa shape index (κ1) is 15.4. The topological polar surface area (TPSA) is 41.0 Å². The number of hydrogen-bond acceptors (Lipinski definition) is 4. The predicted molar refractivity (Wildman–Crippen MR) is 88.5 cm³/mol. The van der Waals surface area contributed by atoms with E-state index in [1.807, 2.05) is 0 Å². The van der Waals surface area contributed by atoms with E-state index in [1.165, 1.54) is 24.5 Å². The van der Waals surface area contributed by atoms with Gasteiger partial charge in [0.15, 0.2) is 0 Å². The van der Waals surface area contributed by atoms with E-state index in [2.05, 4.69) is 15.3 Å². The van der Waals surface area contributed by atoms with Crippen LogP contribution in [0.3, 0.4) is 0 Å². The third-order valence-corrected chi connectivity index (χ3v) is 3.66. The summed E-state index contributed by atoms with van der Waals surface area (Å²) in [5, 5.41) is 3.72. The molecule has 0 saturated heterocycles. The fourth-order valence-corrected chi connectivity index (χ4v) is 2.40. The van der Waals surface area contributed by atoms with Crippen LogP contribution < -0.4 is 10.2 Å². The minimum atomic E-state index is -0.498. The normalized spacial score (nSPS) is 10.8. The molecule has 0 radical (unpaired) electrons. The molecule has 0 aliphatic carbocycles. The summed E-state index contributed by atoms with van der Waals surface area (Å²) in [5.41, 5.74) is 1.47. The molecule has 0 amide bonds. The zero-order valence-corrected chi connectivity index (χ0v) is 13.2. The summed E-state index contributed by atoms with van der Waals surface area (Å²) in [6.45, 7) is 0. The van der Waals surface area contributed by atoms with E-state index in [9.17, 15) is 8.78 Å². The van der Waals surface area contributed by atoms with Gasteiger partial charge in [0.05, 0.1) is 16.2 Å². The van der Waals surface area contributed by atoms with Crippen LogP contribution in [0, 0.1) is 11.6 Å². The monoisotopic (exact) mass is 334 g/mol. The Hall–Kier alpha value is -2.47. The van der Waals surface area contributed by atoms with Crippen molar-refractivity contribution in [1.82, 2.24) is 9.97 Å². The number of rotatable bonds is 3. The fraction of sp³-hybridized carbons (Fsp3) is 0.125. The Kier molecular flexibility index (Phi) is 4.00. The maximum Gasteiger partial charge on any atom is 0.148 e. The van der Waals surface area contributed by atoms with Crippen molar-refractivity contribution in [3.63, 3.8) is 0 Å². The van der Waals surface area contributed by atoms with Crippen LogP contribution in [0.1, 0.15) is 0 Å². The molecule has 23 heavy (non-hydrogen) atoms. The van der Waals surface area contributed by atoms with Crippen LogP contribution in [0.4, 0.5) is 26.0 Å². The Morgan fingerprint density at radius 3 is 2.52 bits per heavy atom. The molecule has 0 atom stereocenters. The molecule has 7 heteroatoms. The minimum Gasteiger partial charge on any atom is -0.375 e. The Labute approximate surface area is 136 Å². The molecular weight excluding hydrogens is 322 g/mol. The average molecular weight is 335 g/mol. The molecule has 1 heterocycles. The molecule has 1 N–H and O–H groups in total. The molecule has 4 nitrogen and oxygen atoms in total. The molecule has 3 aromatic rings. The van der Waals surface area contributed by atoms with Crippen LogP contribution >= 0.6 is 11.6 Å². The SMILES string of the molecule is CN(C)c1cc2c(Nc3ccc(F)c(Cl)c3)ncnc2cc1F. The molecule has 0 saturated carbocycles. The third kappa shape index (κ3) is 3.03. The van der Waals surface area contributed by atoms with Crippen LogP contribution in [-0.4, -0.2) is 24.1 Å². The largest absolute Gasteiger partial charge is 0.375 e. The van der Waals surface area contributed by atoms with Crippen LogP contribution in [0.15, 0.2) is 36.7 Å². The molecule has 0 aliphatic heterocycles. The summed E-state index contributed by atoms with van der Waals surface area (Å²) in [6, 6.07) is 7.29. The second kappa shape index (κ2) is 5.96. The first-order chi connectivity index (χ1) is 11.0.